The summed E-state index contributed by atoms with van der Waals surface area (Å²) in [4.78, 5) is 27.5. The van der Waals surface area contributed by atoms with Crippen molar-refractivity contribution in [3.05, 3.63) is 54.9 Å². The van der Waals surface area contributed by atoms with Crippen molar-refractivity contribution in [2.45, 2.75) is 39.0 Å². The minimum Gasteiger partial charge on any atom is -0.356 e. The number of unbranched alkanes of at least 4 members (excludes halogenated alkanes) is 1. The molecular formula is C22H27N7O. The molecule has 0 bridgehead atoms. The molecule has 0 spiro atoms. The topological polar surface area (TPSA) is 88.8 Å². The lowest BCUT2D eigenvalue weighted by molar-refractivity contribution is -0.120. The maximum atomic E-state index is 12.7. The third kappa shape index (κ3) is 4.82. The highest BCUT2D eigenvalue weighted by Gasteiger charge is 2.26. The Kier molecular flexibility index (Phi) is 6.32. The molecule has 1 aliphatic rings. The summed E-state index contributed by atoms with van der Waals surface area (Å²) in [5.41, 5.74) is 2.19. The van der Waals surface area contributed by atoms with Crippen LogP contribution in [-0.4, -0.2) is 43.7 Å². The Hall–Kier alpha value is -3.29. The average molecular weight is 406 g/mol. The molecule has 8 heteroatoms. The second-order valence-corrected chi connectivity index (χ2v) is 7.63. The molecule has 0 saturated carbocycles. The molecule has 3 heterocycles. The highest BCUT2D eigenvalue weighted by Crippen LogP contribution is 2.24. The van der Waals surface area contributed by atoms with Gasteiger partial charge in [0, 0.05) is 30.8 Å². The van der Waals surface area contributed by atoms with Gasteiger partial charge in [-0.3, -0.25) is 4.79 Å². The van der Waals surface area contributed by atoms with E-state index in [9.17, 15) is 4.79 Å². The van der Waals surface area contributed by atoms with Crippen molar-refractivity contribution in [3.63, 3.8) is 0 Å². The Morgan fingerprint density at radius 3 is 2.57 bits per heavy atom. The standard InChI is InChI=1S/C22H27N7O/c1-2-3-4-17-5-7-19(8-6-17)27-22(30)18-9-11-28(12-10-18)20-13-21(25-15-24-20)29-16-23-14-26-29/h5-8,13-16,18H,2-4,9-12H2,1H3,(H,27,30). The van der Waals surface area contributed by atoms with E-state index in [1.807, 2.05) is 18.2 Å². The lowest BCUT2D eigenvalue weighted by Gasteiger charge is -2.32. The van der Waals surface area contributed by atoms with Gasteiger partial charge in [0.25, 0.3) is 0 Å². The molecule has 2 aromatic heterocycles. The van der Waals surface area contributed by atoms with Crippen molar-refractivity contribution in [1.29, 1.82) is 0 Å². The summed E-state index contributed by atoms with van der Waals surface area (Å²) in [5.74, 6) is 1.64. The van der Waals surface area contributed by atoms with Gasteiger partial charge in [-0.15, -0.1) is 0 Å². The summed E-state index contributed by atoms with van der Waals surface area (Å²) in [6, 6.07) is 10.1. The molecule has 156 valence electrons. The van der Waals surface area contributed by atoms with E-state index < -0.39 is 0 Å². The van der Waals surface area contributed by atoms with E-state index in [1.54, 1.807) is 11.0 Å². The SMILES string of the molecule is CCCCc1ccc(NC(=O)C2CCN(c3cc(-n4cncn4)ncn3)CC2)cc1. The first-order chi connectivity index (χ1) is 14.7. The molecular weight excluding hydrogens is 378 g/mol. The summed E-state index contributed by atoms with van der Waals surface area (Å²) < 4.78 is 1.61. The van der Waals surface area contributed by atoms with Gasteiger partial charge in [0.1, 0.15) is 24.8 Å². The zero-order valence-electron chi connectivity index (χ0n) is 17.2. The van der Waals surface area contributed by atoms with Crippen LogP contribution in [0.25, 0.3) is 5.82 Å². The van der Waals surface area contributed by atoms with Crippen LogP contribution < -0.4 is 10.2 Å². The highest BCUT2D eigenvalue weighted by atomic mass is 16.1. The van der Waals surface area contributed by atoms with Gasteiger partial charge in [0.15, 0.2) is 5.82 Å². The number of aryl methyl sites for hydroxylation is 1. The lowest BCUT2D eigenvalue weighted by Crippen LogP contribution is -2.38. The van der Waals surface area contributed by atoms with Crippen LogP contribution >= 0.6 is 0 Å². The molecule has 8 nitrogen and oxygen atoms in total. The number of anilines is 2. The largest absolute Gasteiger partial charge is 0.356 e. The van der Waals surface area contributed by atoms with Crippen LogP contribution in [0, 0.1) is 5.92 Å². The number of carbonyl (C=O) groups excluding carboxylic acids is 1. The Balaban J connectivity index is 1.31. The van der Waals surface area contributed by atoms with E-state index in [0.717, 1.165) is 43.9 Å². The second kappa shape index (κ2) is 9.47. The van der Waals surface area contributed by atoms with E-state index >= 15 is 0 Å². The Labute approximate surface area is 176 Å². The normalized spacial score (nSPS) is 14.6. The lowest BCUT2D eigenvalue weighted by atomic mass is 9.95. The number of nitrogens with zero attached hydrogens (tertiary/aromatic N) is 6. The Bertz CT molecular complexity index is 948. The van der Waals surface area contributed by atoms with Gasteiger partial charge in [0.05, 0.1) is 0 Å². The van der Waals surface area contributed by atoms with Gasteiger partial charge in [-0.25, -0.2) is 19.6 Å². The third-order valence-corrected chi connectivity index (χ3v) is 5.52. The smallest absolute Gasteiger partial charge is 0.227 e. The van der Waals surface area contributed by atoms with Gasteiger partial charge in [0.2, 0.25) is 5.91 Å². The summed E-state index contributed by atoms with van der Waals surface area (Å²) in [6.07, 6.45) is 9.68. The van der Waals surface area contributed by atoms with Crippen LogP contribution in [-0.2, 0) is 11.2 Å². The first-order valence-corrected chi connectivity index (χ1v) is 10.5. The first-order valence-electron chi connectivity index (χ1n) is 10.5. The molecule has 3 aromatic rings. The fourth-order valence-corrected chi connectivity index (χ4v) is 3.71. The number of piperidine rings is 1. The van der Waals surface area contributed by atoms with Crippen LogP contribution in [0.5, 0.6) is 0 Å². The molecule has 1 aromatic carbocycles. The fraction of sp³-hybridized carbons (Fsp3) is 0.409. The molecule has 1 fully saturated rings. The van der Waals surface area contributed by atoms with Crippen LogP contribution in [0.4, 0.5) is 11.5 Å². The van der Waals surface area contributed by atoms with Crippen molar-refractivity contribution >= 4 is 17.4 Å². The minimum absolute atomic E-state index is 0.0117. The van der Waals surface area contributed by atoms with Gasteiger partial charge in [-0.2, -0.15) is 5.10 Å². The number of benzene rings is 1. The molecule has 4 rings (SSSR count). The van der Waals surface area contributed by atoms with E-state index in [2.05, 4.69) is 49.3 Å². The zero-order valence-corrected chi connectivity index (χ0v) is 17.2. The molecule has 0 aliphatic carbocycles. The number of aromatic nitrogens is 5. The zero-order chi connectivity index (χ0) is 20.8. The van der Waals surface area contributed by atoms with E-state index in [0.29, 0.717) is 5.82 Å². The molecule has 1 aliphatic heterocycles. The monoisotopic (exact) mass is 405 g/mol. The number of hydrogen-bond acceptors (Lipinski definition) is 6. The predicted octanol–water partition coefficient (Wildman–Crippen LogP) is 3.26. The maximum Gasteiger partial charge on any atom is 0.227 e. The number of rotatable bonds is 7. The minimum atomic E-state index is 0.0117. The van der Waals surface area contributed by atoms with Crippen molar-refractivity contribution < 1.29 is 4.79 Å². The number of hydrogen-bond donors (Lipinski definition) is 1. The van der Waals surface area contributed by atoms with Crippen molar-refractivity contribution in [1.82, 2.24) is 24.7 Å². The van der Waals surface area contributed by atoms with Gasteiger partial charge < -0.3 is 10.2 Å². The number of amides is 1. The van der Waals surface area contributed by atoms with E-state index in [1.165, 1.54) is 31.1 Å². The van der Waals surface area contributed by atoms with Crippen LogP contribution in [0.3, 0.4) is 0 Å². The van der Waals surface area contributed by atoms with Gasteiger partial charge >= 0.3 is 0 Å². The average Bonchev–Trinajstić information content (AvgIpc) is 3.34. The van der Waals surface area contributed by atoms with Crippen molar-refractivity contribution in [2.75, 3.05) is 23.3 Å². The molecule has 0 atom stereocenters. The first kappa shape index (κ1) is 20.0. The Morgan fingerprint density at radius 1 is 1.10 bits per heavy atom. The molecule has 1 amide bonds. The highest BCUT2D eigenvalue weighted by molar-refractivity contribution is 5.92. The van der Waals surface area contributed by atoms with Crippen LogP contribution in [0.1, 0.15) is 38.2 Å². The van der Waals surface area contributed by atoms with Crippen molar-refractivity contribution in [3.8, 4) is 5.82 Å². The second-order valence-electron chi connectivity index (χ2n) is 7.63. The van der Waals surface area contributed by atoms with E-state index in [4.69, 9.17) is 0 Å². The predicted molar refractivity (Wildman–Crippen MR) is 116 cm³/mol. The molecule has 0 radical (unpaired) electrons. The summed E-state index contributed by atoms with van der Waals surface area (Å²) in [5, 5.41) is 7.19. The Morgan fingerprint density at radius 2 is 1.87 bits per heavy atom. The maximum absolute atomic E-state index is 12.7. The van der Waals surface area contributed by atoms with E-state index in [-0.39, 0.29) is 11.8 Å². The molecule has 30 heavy (non-hydrogen) atoms. The van der Waals surface area contributed by atoms with Crippen LogP contribution in [0.2, 0.25) is 0 Å². The van der Waals surface area contributed by atoms with Crippen molar-refractivity contribution in [2.24, 2.45) is 5.92 Å². The van der Waals surface area contributed by atoms with Gasteiger partial charge in [-0.1, -0.05) is 25.5 Å². The summed E-state index contributed by atoms with van der Waals surface area (Å²) >= 11 is 0. The molecule has 1 saturated heterocycles. The summed E-state index contributed by atoms with van der Waals surface area (Å²) in [7, 11) is 0. The van der Waals surface area contributed by atoms with Gasteiger partial charge in [-0.05, 0) is 43.4 Å². The summed E-state index contributed by atoms with van der Waals surface area (Å²) in [6.45, 7) is 3.75. The number of carbonyl (C=O) groups is 1. The quantitative estimate of drug-likeness (QED) is 0.649. The fourth-order valence-electron chi connectivity index (χ4n) is 3.71. The van der Waals surface area contributed by atoms with Crippen LogP contribution in [0.15, 0.2) is 49.3 Å². The number of nitrogens with one attached hydrogen (secondary N) is 1. The molecule has 1 N–H and O–H groups in total. The third-order valence-electron chi connectivity index (χ3n) is 5.52. The molecule has 0 unspecified atom stereocenters.